The zero-order valence-corrected chi connectivity index (χ0v) is 7.22. The molecule has 0 aromatic carbocycles. The number of hydrogen-bond acceptors (Lipinski definition) is 5. The van der Waals surface area contributed by atoms with Crippen LogP contribution in [0.25, 0.3) is 11.6 Å². The first kappa shape index (κ1) is 8.42. The van der Waals surface area contributed by atoms with Gasteiger partial charge in [-0.2, -0.15) is 5.10 Å². The van der Waals surface area contributed by atoms with Gasteiger partial charge in [0.2, 0.25) is 5.82 Å². The number of nitrogens with one attached hydrogen (secondary N) is 1. The van der Waals surface area contributed by atoms with E-state index >= 15 is 0 Å². The molecule has 2 aromatic rings. The molecule has 0 aliphatic carbocycles. The number of furan rings is 1. The number of aryl methyl sites for hydroxylation is 1. The molecule has 7 nitrogen and oxygen atoms in total. The van der Waals surface area contributed by atoms with E-state index in [4.69, 9.17) is 4.42 Å². The number of aromatic amines is 1. The van der Waals surface area contributed by atoms with E-state index in [1.165, 1.54) is 12.1 Å². The van der Waals surface area contributed by atoms with Gasteiger partial charge in [0.25, 0.3) is 0 Å². The molecular weight excluding hydrogens is 188 g/mol. The van der Waals surface area contributed by atoms with Crippen molar-refractivity contribution in [3.05, 3.63) is 28.1 Å². The second-order valence-electron chi connectivity index (χ2n) is 2.64. The molecule has 0 unspecified atom stereocenters. The molecule has 0 aliphatic heterocycles. The highest BCUT2D eigenvalue weighted by Gasteiger charge is 2.15. The van der Waals surface area contributed by atoms with Crippen LogP contribution in [-0.2, 0) is 0 Å². The fourth-order valence-corrected chi connectivity index (χ4v) is 0.999. The van der Waals surface area contributed by atoms with Crippen molar-refractivity contribution in [2.75, 3.05) is 0 Å². The molecule has 0 radical (unpaired) electrons. The quantitative estimate of drug-likeness (QED) is 0.573. The first-order valence-corrected chi connectivity index (χ1v) is 3.80. The van der Waals surface area contributed by atoms with Crippen LogP contribution in [0.15, 0.2) is 16.5 Å². The Kier molecular flexibility index (Phi) is 1.77. The van der Waals surface area contributed by atoms with Crippen LogP contribution in [0.5, 0.6) is 0 Å². The van der Waals surface area contributed by atoms with Crippen LogP contribution in [0.3, 0.4) is 0 Å². The number of hydrogen-bond donors (Lipinski definition) is 1. The lowest BCUT2D eigenvalue weighted by atomic mass is 10.4. The third-order valence-corrected chi connectivity index (χ3v) is 1.59. The molecule has 0 bridgehead atoms. The first-order chi connectivity index (χ1) is 6.66. The third-order valence-electron chi connectivity index (χ3n) is 1.59. The summed E-state index contributed by atoms with van der Waals surface area (Å²) in [5.74, 6) is 0.901. The number of nitro groups is 1. The molecule has 0 fully saturated rings. The van der Waals surface area contributed by atoms with Crippen LogP contribution in [0.4, 0.5) is 5.88 Å². The minimum absolute atomic E-state index is 0.279. The summed E-state index contributed by atoms with van der Waals surface area (Å²) in [5, 5.41) is 16.7. The van der Waals surface area contributed by atoms with Crippen LogP contribution in [0.1, 0.15) is 5.82 Å². The molecule has 14 heavy (non-hydrogen) atoms. The number of rotatable bonds is 2. The number of nitrogens with zero attached hydrogens (tertiary/aromatic N) is 3. The van der Waals surface area contributed by atoms with Crippen LogP contribution in [-0.4, -0.2) is 20.1 Å². The Morgan fingerprint density at radius 3 is 2.86 bits per heavy atom. The minimum Gasteiger partial charge on any atom is -0.397 e. The molecule has 7 heteroatoms. The normalized spacial score (nSPS) is 10.4. The summed E-state index contributed by atoms with van der Waals surface area (Å²) in [7, 11) is 0. The molecule has 0 amide bonds. The Bertz CT molecular complexity index is 473. The van der Waals surface area contributed by atoms with E-state index in [9.17, 15) is 10.1 Å². The maximum atomic E-state index is 10.3. The van der Waals surface area contributed by atoms with Gasteiger partial charge in [0.15, 0.2) is 5.76 Å². The van der Waals surface area contributed by atoms with Crippen molar-refractivity contribution in [3.8, 4) is 11.6 Å². The molecule has 0 saturated heterocycles. The van der Waals surface area contributed by atoms with Crippen molar-refractivity contribution < 1.29 is 9.34 Å². The summed E-state index contributed by atoms with van der Waals surface area (Å²) in [6.45, 7) is 1.73. The third kappa shape index (κ3) is 1.35. The molecule has 2 rings (SSSR count). The van der Waals surface area contributed by atoms with Gasteiger partial charge in [0, 0.05) is 0 Å². The molecular formula is C7H6N4O3. The van der Waals surface area contributed by atoms with Crippen LogP contribution >= 0.6 is 0 Å². The zero-order chi connectivity index (χ0) is 10.1. The van der Waals surface area contributed by atoms with Crippen molar-refractivity contribution in [3.63, 3.8) is 0 Å². The van der Waals surface area contributed by atoms with E-state index in [-0.39, 0.29) is 11.6 Å². The van der Waals surface area contributed by atoms with Gasteiger partial charge in [-0.05, 0) is 13.0 Å². The van der Waals surface area contributed by atoms with Gasteiger partial charge in [-0.25, -0.2) is 4.98 Å². The molecule has 0 atom stereocenters. The van der Waals surface area contributed by atoms with Crippen LogP contribution < -0.4 is 0 Å². The van der Waals surface area contributed by atoms with Crippen LogP contribution in [0.2, 0.25) is 0 Å². The largest absolute Gasteiger partial charge is 0.433 e. The lowest BCUT2D eigenvalue weighted by molar-refractivity contribution is -0.401. The summed E-state index contributed by atoms with van der Waals surface area (Å²) in [6, 6.07) is 2.72. The van der Waals surface area contributed by atoms with E-state index in [1.807, 2.05) is 0 Å². The molecule has 2 aromatic heterocycles. The molecule has 0 saturated carbocycles. The topological polar surface area (TPSA) is 97.8 Å². The SMILES string of the molecule is Cc1nc(-c2ccc([N+](=O)[O-])o2)n[nH]1. The van der Waals surface area contributed by atoms with Gasteiger partial charge < -0.3 is 4.42 Å². The molecule has 0 aliphatic rings. The van der Waals surface area contributed by atoms with Gasteiger partial charge in [-0.3, -0.25) is 15.2 Å². The highest BCUT2D eigenvalue weighted by molar-refractivity contribution is 5.48. The van der Waals surface area contributed by atoms with Gasteiger partial charge in [0.05, 0.1) is 6.07 Å². The Hall–Kier alpha value is -2.18. The van der Waals surface area contributed by atoms with Gasteiger partial charge in [0.1, 0.15) is 10.7 Å². The Morgan fingerprint density at radius 2 is 2.36 bits per heavy atom. The summed E-state index contributed by atoms with van der Waals surface area (Å²) >= 11 is 0. The maximum absolute atomic E-state index is 10.3. The van der Waals surface area contributed by atoms with Gasteiger partial charge in [-0.15, -0.1) is 0 Å². The van der Waals surface area contributed by atoms with Crippen LogP contribution in [0, 0.1) is 17.0 Å². The Balaban J connectivity index is 2.38. The monoisotopic (exact) mass is 194 g/mol. The van der Waals surface area contributed by atoms with E-state index in [1.54, 1.807) is 6.92 Å². The molecule has 1 N–H and O–H groups in total. The van der Waals surface area contributed by atoms with E-state index in [2.05, 4.69) is 15.2 Å². The van der Waals surface area contributed by atoms with Crippen molar-refractivity contribution in [1.82, 2.24) is 15.2 Å². The number of aromatic nitrogens is 3. The van der Waals surface area contributed by atoms with Crippen molar-refractivity contribution >= 4 is 5.88 Å². The highest BCUT2D eigenvalue weighted by Crippen LogP contribution is 2.22. The smallest absolute Gasteiger partial charge is 0.397 e. The van der Waals surface area contributed by atoms with Gasteiger partial charge >= 0.3 is 5.88 Å². The zero-order valence-electron chi connectivity index (χ0n) is 7.22. The summed E-state index contributed by atoms with van der Waals surface area (Å²) in [4.78, 5) is 13.7. The Morgan fingerprint density at radius 1 is 1.57 bits per heavy atom. The molecule has 0 spiro atoms. The predicted molar refractivity (Wildman–Crippen MR) is 45.5 cm³/mol. The minimum atomic E-state index is -0.608. The molecule has 72 valence electrons. The van der Waals surface area contributed by atoms with Crippen molar-refractivity contribution in [2.24, 2.45) is 0 Å². The van der Waals surface area contributed by atoms with E-state index in [0.717, 1.165) is 0 Å². The fraction of sp³-hybridized carbons (Fsp3) is 0.143. The number of H-pyrrole nitrogens is 1. The van der Waals surface area contributed by atoms with Crippen molar-refractivity contribution in [1.29, 1.82) is 0 Å². The average Bonchev–Trinajstić information content (AvgIpc) is 2.70. The van der Waals surface area contributed by atoms with E-state index in [0.29, 0.717) is 11.6 Å². The van der Waals surface area contributed by atoms with Crippen molar-refractivity contribution in [2.45, 2.75) is 6.92 Å². The first-order valence-electron chi connectivity index (χ1n) is 3.80. The maximum Gasteiger partial charge on any atom is 0.433 e. The second-order valence-corrected chi connectivity index (χ2v) is 2.64. The van der Waals surface area contributed by atoms with E-state index < -0.39 is 4.92 Å². The lowest BCUT2D eigenvalue weighted by Gasteiger charge is -1.84. The second kappa shape index (κ2) is 2.95. The standard InChI is InChI=1S/C7H6N4O3/c1-4-8-7(10-9-4)5-2-3-6(14-5)11(12)13/h2-3H,1H3,(H,8,9,10). The fourth-order valence-electron chi connectivity index (χ4n) is 0.999. The highest BCUT2D eigenvalue weighted by atomic mass is 16.6. The average molecular weight is 194 g/mol. The summed E-state index contributed by atoms with van der Waals surface area (Å²) in [5.41, 5.74) is 0. The Labute approximate surface area is 77.9 Å². The van der Waals surface area contributed by atoms with Gasteiger partial charge in [-0.1, -0.05) is 0 Å². The predicted octanol–water partition coefficient (Wildman–Crippen LogP) is 1.28. The summed E-state index contributed by atoms with van der Waals surface area (Å²) < 4.78 is 4.90. The molecule has 2 heterocycles. The lowest BCUT2D eigenvalue weighted by Crippen LogP contribution is -1.83. The summed E-state index contributed by atoms with van der Waals surface area (Å²) in [6.07, 6.45) is 0.